The minimum atomic E-state index is -4.30. The molecule has 0 saturated carbocycles. The zero-order valence-corrected chi connectivity index (χ0v) is 9.56. The van der Waals surface area contributed by atoms with Gasteiger partial charge in [0.25, 0.3) is 0 Å². The van der Waals surface area contributed by atoms with Gasteiger partial charge in [-0.05, 0) is 31.5 Å². The maximum absolute atomic E-state index is 12.6. The van der Waals surface area contributed by atoms with Crippen molar-refractivity contribution in [2.45, 2.75) is 25.4 Å². The zero-order valence-electron chi connectivity index (χ0n) is 9.56. The molecule has 0 aliphatic heterocycles. The molecule has 0 aromatic heterocycles. The number of halogens is 3. The first kappa shape index (κ1) is 13.8. The number of anilines is 1. The van der Waals surface area contributed by atoms with Gasteiger partial charge < -0.3 is 11.1 Å². The molecule has 3 N–H and O–H groups in total. The lowest BCUT2D eigenvalue weighted by molar-refractivity contribution is -0.136. The van der Waals surface area contributed by atoms with E-state index in [1.165, 1.54) is 12.1 Å². The zero-order chi connectivity index (χ0) is 12.7. The van der Waals surface area contributed by atoms with E-state index in [1.807, 2.05) is 0 Å². The molecule has 0 spiro atoms. The molecule has 0 radical (unpaired) electrons. The van der Waals surface area contributed by atoms with E-state index in [0.717, 1.165) is 25.3 Å². The number of nitrogens with two attached hydrogens (primary N) is 1. The standard InChI is InChI=1S/C12H17F3N2/c13-12(14,15)10-6-2-3-7-11(10)17-9-5-1-4-8-16/h2-3,6-7,17H,1,4-5,8-9,16H2. The van der Waals surface area contributed by atoms with Crippen molar-refractivity contribution in [2.75, 3.05) is 18.4 Å². The monoisotopic (exact) mass is 246 g/mol. The highest BCUT2D eigenvalue weighted by Gasteiger charge is 2.32. The molecular formula is C12H17F3N2. The average molecular weight is 246 g/mol. The minimum absolute atomic E-state index is 0.146. The Labute approximate surface area is 99.0 Å². The average Bonchev–Trinajstić information content (AvgIpc) is 2.28. The number of unbranched alkanes of at least 4 members (excludes halogenated alkanes) is 2. The summed E-state index contributed by atoms with van der Waals surface area (Å²) in [6.07, 6.45) is -1.65. The lowest BCUT2D eigenvalue weighted by atomic mass is 10.1. The quantitative estimate of drug-likeness (QED) is 0.756. The summed E-state index contributed by atoms with van der Waals surface area (Å²) in [5.74, 6) is 0. The largest absolute Gasteiger partial charge is 0.418 e. The summed E-state index contributed by atoms with van der Waals surface area (Å²) in [5, 5.41) is 2.82. The predicted octanol–water partition coefficient (Wildman–Crippen LogP) is 3.25. The summed E-state index contributed by atoms with van der Waals surface area (Å²) in [6.45, 7) is 1.16. The van der Waals surface area contributed by atoms with Gasteiger partial charge in [0, 0.05) is 12.2 Å². The van der Waals surface area contributed by atoms with Crippen LogP contribution in [-0.2, 0) is 6.18 Å². The Balaban J connectivity index is 2.53. The summed E-state index contributed by atoms with van der Waals surface area (Å²) in [6, 6.07) is 5.52. The highest BCUT2D eigenvalue weighted by atomic mass is 19.4. The van der Waals surface area contributed by atoms with Crippen LogP contribution in [0.2, 0.25) is 0 Å². The van der Waals surface area contributed by atoms with Crippen LogP contribution in [-0.4, -0.2) is 13.1 Å². The van der Waals surface area contributed by atoms with E-state index in [-0.39, 0.29) is 5.69 Å². The molecular weight excluding hydrogens is 229 g/mol. The van der Waals surface area contributed by atoms with Crippen molar-refractivity contribution in [1.29, 1.82) is 0 Å². The van der Waals surface area contributed by atoms with E-state index >= 15 is 0 Å². The molecule has 17 heavy (non-hydrogen) atoms. The Morgan fingerprint density at radius 1 is 1.06 bits per heavy atom. The van der Waals surface area contributed by atoms with Crippen molar-refractivity contribution in [1.82, 2.24) is 0 Å². The smallest absolute Gasteiger partial charge is 0.385 e. The summed E-state index contributed by atoms with van der Waals surface area (Å²) in [5.41, 5.74) is 4.87. The van der Waals surface area contributed by atoms with Crippen LogP contribution in [0.5, 0.6) is 0 Å². The maximum Gasteiger partial charge on any atom is 0.418 e. The second-order valence-electron chi connectivity index (χ2n) is 3.82. The van der Waals surface area contributed by atoms with Crippen LogP contribution in [0.25, 0.3) is 0 Å². The topological polar surface area (TPSA) is 38.0 Å². The number of hydrogen-bond acceptors (Lipinski definition) is 2. The van der Waals surface area contributed by atoms with Crippen LogP contribution in [0.15, 0.2) is 24.3 Å². The number of alkyl halides is 3. The van der Waals surface area contributed by atoms with Gasteiger partial charge in [-0.2, -0.15) is 13.2 Å². The fourth-order valence-corrected chi connectivity index (χ4v) is 1.55. The van der Waals surface area contributed by atoms with Crippen molar-refractivity contribution in [2.24, 2.45) is 5.73 Å². The van der Waals surface area contributed by atoms with E-state index in [4.69, 9.17) is 5.73 Å². The number of rotatable bonds is 6. The second kappa shape index (κ2) is 6.49. The first-order chi connectivity index (χ1) is 8.05. The van der Waals surface area contributed by atoms with Crippen molar-refractivity contribution < 1.29 is 13.2 Å². The highest BCUT2D eigenvalue weighted by molar-refractivity contribution is 5.52. The van der Waals surface area contributed by atoms with E-state index in [0.29, 0.717) is 13.1 Å². The first-order valence-corrected chi connectivity index (χ1v) is 5.66. The molecule has 5 heteroatoms. The molecule has 1 aromatic carbocycles. The number of hydrogen-bond donors (Lipinski definition) is 2. The van der Waals surface area contributed by atoms with Crippen LogP contribution in [0.1, 0.15) is 24.8 Å². The van der Waals surface area contributed by atoms with Crippen LogP contribution in [0, 0.1) is 0 Å². The molecule has 1 aromatic rings. The summed E-state index contributed by atoms with van der Waals surface area (Å²) in [7, 11) is 0. The van der Waals surface area contributed by atoms with Crippen LogP contribution in [0.4, 0.5) is 18.9 Å². The van der Waals surface area contributed by atoms with E-state index < -0.39 is 11.7 Å². The Hall–Kier alpha value is -1.23. The maximum atomic E-state index is 12.6. The van der Waals surface area contributed by atoms with Crippen molar-refractivity contribution in [3.05, 3.63) is 29.8 Å². The van der Waals surface area contributed by atoms with Gasteiger partial charge >= 0.3 is 6.18 Å². The Bertz CT molecular complexity index is 337. The molecule has 1 rings (SSSR count). The van der Waals surface area contributed by atoms with Gasteiger partial charge in [0.05, 0.1) is 5.56 Å². The number of benzene rings is 1. The third kappa shape index (κ3) is 4.65. The fraction of sp³-hybridized carbons (Fsp3) is 0.500. The lowest BCUT2D eigenvalue weighted by Crippen LogP contribution is -2.11. The summed E-state index contributed by atoms with van der Waals surface area (Å²) >= 11 is 0. The Kier molecular flexibility index (Phi) is 5.28. The van der Waals surface area contributed by atoms with Crippen LogP contribution in [0.3, 0.4) is 0 Å². The normalized spacial score (nSPS) is 11.5. The lowest BCUT2D eigenvalue weighted by Gasteiger charge is -2.14. The second-order valence-corrected chi connectivity index (χ2v) is 3.82. The molecule has 0 bridgehead atoms. The van der Waals surface area contributed by atoms with Gasteiger partial charge in [-0.1, -0.05) is 18.6 Å². The molecule has 0 aliphatic rings. The molecule has 0 fully saturated rings. The minimum Gasteiger partial charge on any atom is -0.385 e. The number of nitrogens with one attached hydrogen (secondary N) is 1. The SMILES string of the molecule is NCCCCCNc1ccccc1C(F)(F)F. The van der Waals surface area contributed by atoms with Crippen molar-refractivity contribution >= 4 is 5.69 Å². The number of para-hydroxylation sites is 1. The summed E-state index contributed by atoms with van der Waals surface area (Å²) in [4.78, 5) is 0. The molecule has 0 saturated heterocycles. The van der Waals surface area contributed by atoms with Gasteiger partial charge in [0.1, 0.15) is 0 Å². The highest BCUT2D eigenvalue weighted by Crippen LogP contribution is 2.34. The molecule has 2 nitrogen and oxygen atoms in total. The summed E-state index contributed by atoms with van der Waals surface area (Å²) < 4.78 is 37.9. The van der Waals surface area contributed by atoms with Crippen LogP contribution >= 0.6 is 0 Å². The van der Waals surface area contributed by atoms with Gasteiger partial charge in [-0.15, -0.1) is 0 Å². The molecule has 0 unspecified atom stereocenters. The third-order valence-corrected chi connectivity index (χ3v) is 2.43. The van der Waals surface area contributed by atoms with Gasteiger partial charge in [0.2, 0.25) is 0 Å². The third-order valence-electron chi connectivity index (χ3n) is 2.43. The molecule has 0 heterocycles. The van der Waals surface area contributed by atoms with Gasteiger partial charge in [-0.25, -0.2) is 0 Å². The van der Waals surface area contributed by atoms with E-state index in [1.54, 1.807) is 6.07 Å². The fourth-order valence-electron chi connectivity index (χ4n) is 1.55. The molecule has 96 valence electrons. The van der Waals surface area contributed by atoms with E-state index in [2.05, 4.69) is 5.32 Å². The first-order valence-electron chi connectivity index (χ1n) is 5.66. The molecule has 0 atom stereocenters. The molecule has 0 amide bonds. The Morgan fingerprint density at radius 3 is 2.41 bits per heavy atom. The van der Waals surface area contributed by atoms with Crippen molar-refractivity contribution in [3.63, 3.8) is 0 Å². The van der Waals surface area contributed by atoms with Crippen molar-refractivity contribution in [3.8, 4) is 0 Å². The predicted molar refractivity (Wildman–Crippen MR) is 62.8 cm³/mol. The van der Waals surface area contributed by atoms with Gasteiger partial charge in [-0.3, -0.25) is 0 Å². The van der Waals surface area contributed by atoms with Crippen LogP contribution < -0.4 is 11.1 Å². The van der Waals surface area contributed by atoms with E-state index in [9.17, 15) is 13.2 Å². The van der Waals surface area contributed by atoms with Gasteiger partial charge in [0.15, 0.2) is 0 Å². The Morgan fingerprint density at radius 2 is 1.76 bits per heavy atom. The molecule has 0 aliphatic carbocycles.